The van der Waals surface area contributed by atoms with Crippen LogP contribution >= 0.6 is 12.4 Å². The predicted octanol–water partition coefficient (Wildman–Crippen LogP) is 6.25. The Labute approximate surface area is 242 Å². The van der Waals surface area contributed by atoms with Crippen LogP contribution in [-0.2, 0) is 16.1 Å². The summed E-state index contributed by atoms with van der Waals surface area (Å²) in [5.74, 6) is 1.81. The molecule has 2 heterocycles. The first-order valence-electron chi connectivity index (χ1n) is 15.7. The number of halogens is 1. The van der Waals surface area contributed by atoms with Gasteiger partial charge in [-0.1, -0.05) is 64.0 Å². The molecular weight excluding hydrogens is 510 g/mol. The molecule has 2 amide bonds. The van der Waals surface area contributed by atoms with Crippen LogP contribution in [0.5, 0.6) is 5.75 Å². The number of carbonyl (C=O) groups is 2. The van der Waals surface area contributed by atoms with Gasteiger partial charge < -0.3 is 15.0 Å². The SMILES string of the molecule is CCCCN1C(=O)[C@H](CC2CCCCC2)NC(=O)C12CCN(Cc1ccc(OC3CCCCC3)cc1)CC2.Cl. The van der Waals surface area contributed by atoms with Gasteiger partial charge in [-0.2, -0.15) is 0 Å². The summed E-state index contributed by atoms with van der Waals surface area (Å²) in [5.41, 5.74) is 0.597. The lowest BCUT2D eigenvalue weighted by molar-refractivity contribution is -0.162. The van der Waals surface area contributed by atoms with E-state index in [2.05, 4.69) is 41.4 Å². The van der Waals surface area contributed by atoms with Crippen LogP contribution in [-0.4, -0.2) is 58.9 Å². The Kier molecular flexibility index (Phi) is 11.0. The zero-order valence-electron chi connectivity index (χ0n) is 24.0. The number of ether oxygens (including phenoxy) is 1. The molecule has 0 bridgehead atoms. The van der Waals surface area contributed by atoms with Gasteiger partial charge in [0.25, 0.3) is 0 Å². The van der Waals surface area contributed by atoms with Crippen molar-refractivity contribution in [1.82, 2.24) is 15.1 Å². The molecule has 1 spiro atoms. The Morgan fingerprint density at radius 1 is 0.923 bits per heavy atom. The van der Waals surface area contributed by atoms with E-state index in [0.29, 0.717) is 31.4 Å². The second kappa shape index (κ2) is 14.2. The van der Waals surface area contributed by atoms with Crippen molar-refractivity contribution in [3.05, 3.63) is 29.8 Å². The number of hydrogen-bond acceptors (Lipinski definition) is 4. The van der Waals surface area contributed by atoms with E-state index in [-0.39, 0.29) is 30.3 Å². The molecular formula is C32H50ClN3O3. The van der Waals surface area contributed by atoms with Crippen LogP contribution < -0.4 is 10.1 Å². The first-order valence-corrected chi connectivity index (χ1v) is 15.7. The van der Waals surface area contributed by atoms with E-state index >= 15 is 0 Å². The van der Waals surface area contributed by atoms with E-state index in [4.69, 9.17) is 4.74 Å². The second-order valence-electron chi connectivity index (χ2n) is 12.4. The van der Waals surface area contributed by atoms with Crippen molar-refractivity contribution < 1.29 is 14.3 Å². The molecule has 1 aromatic carbocycles. The molecule has 2 saturated carbocycles. The molecule has 1 N–H and O–H groups in total. The maximum Gasteiger partial charge on any atom is 0.246 e. The number of amides is 2. The number of unbranched alkanes of at least 4 members (excludes halogenated alkanes) is 1. The van der Waals surface area contributed by atoms with Crippen LogP contribution in [0.1, 0.15) is 109 Å². The van der Waals surface area contributed by atoms with E-state index in [1.807, 2.05) is 4.90 Å². The lowest BCUT2D eigenvalue weighted by Crippen LogP contribution is -2.73. The maximum absolute atomic E-state index is 13.8. The zero-order valence-corrected chi connectivity index (χ0v) is 24.8. The quantitative estimate of drug-likeness (QED) is 0.388. The third-order valence-electron chi connectivity index (χ3n) is 9.71. The van der Waals surface area contributed by atoms with Crippen LogP contribution in [0.2, 0.25) is 0 Å². The van der Waals surface area contributed by atoms with Gasteiger partial charge in [0.2, 0.25) is 11.8 Å². The molecule has 0 unspecified atom stereocenters. The molecule has 1 aromatic rings. The van der Waals surface area contributed by atoms with Gasteiger partial charge in [-0.05, 0) is 75.0 Å². The minimum Gasteiger partial charge on any atom is -0.490 e. The van der Waals surface area contributed by atoms with Crippen LogP contribution in [0, 0.1) is 5.92 Å². The molecule has 2 aliphatic heterocycles. The minimum atomic E-state index is -0.677. The largest absolute Gasteiger partial charge is 0.490 e. The van der Waals surface area contributed by atoms with Gasteiger partial charge in [-0.15, -0.1) is 12.4 Å². The number of carbonyl (C=O) groups excluding carboxylic acids is 2. The Hall–Kier alpha value is -1.79. The lowest BCUT2D eigenvalue weighted by Gasteiger charge is -2.52. The van der Waals surface area contributed by atoms with Crippen molar-refractivity contribution in [2.75, 3.05) is 19.6 Å². The summed E-state index contributed by atoms with van der Waals surface area (Å²) in [5, 5.41) is 3.22. The molecule has 39 heavy (non-hydrogen) atoms. The van der Waals surface area contributed by atoms with Gasteiger partial charge in [0.05, 0.1) is 6.10 Å². The topological polar surface area (TPSA) is 61.9 Å². The highest BCUT2D eigenvalue weighted by molar-refractivity contribution is 6.00. The normalized spacial score (nSPS) is 24.8. The van der Waals surface area contributed by atoms with Gasteiger partial charge in [0.1, 0.15) is 17.3 Å². The van der Waals surface area contributed by atoms with Crippen LogP contribution in [0.4, 0.5) is 0 Å². The zero-order chi connectivity index (χ0) is 26.4. The van der Waals surface area contributed by atoms with Gasteiger partial charge >= 0.3 is 0 Å². The van der Waals surface area contributed by atoms with Gasteiger partial charge in [0.15, 0.2) is 0 Å². The summed E-state index contributed by atoms with van der Waals surface area (Å²) >= 11 is 0. The average Bonchev–Trinajstić information content (AvgIpc) is 2.95. The smallest absolute Gasteiger partial charge is 0.246 e. The number of benzene rings is 1. The highest BCUT2D eigenvalue weighted by Crippen LogP contribution is 2.36. The van der Waals surface area contributed by atoms with Crippen LogP contribution in [0.15, 0.2) is 24.3 Å². The van der Waals surface area contributed by atoms with Crippen molar-refractivity contribution in [3.63, 3.8) is 0 Å². The fourth-order valence-electron chi connectivity index (χ4n) is 7.32. The lowest BCUT2D eigenvalue weighted by atomic mass is 9.79. The van der Waals surface area contributed by atoms with Crippen LogP contribution in [0.3, 0.4) is 0 Å². The molecule has 218 valence electrons. The molecule has 0 radical (unpaired) electrons. The number of piperidine rings is 1. The Balaban J connectivity index is 0.00000353. The molecule has 4 fully saturated rings. The van der Waals surface area contributed by atoms with E-state index in [1.54, 1.807) is 0 Å². The monoisotopic (exact) mass is 559 g/mol. The second-order valence-corrected chi connectivity index (χ2v) is 12.4. The summed E-state index contributed by atoms with van der Waals surface area (Å²) in [4.78, 5) is 31.9. The van der Waals surface area contributed by atoms with Crippen molar-refractivity contribution in [2.45, 2.75) is 127 Å². The molecule has 6 nitrogen and oxygen atoms in total. The number of rotatable bonds is 9. The molecule has 4 aliphatic rings. The van der Waals surface area contributed by atoms with Crippen molar-refractivity contribution in [2.24, 2.45) is 5.92 Å². The third-order valence-corrected chi connectivity index (χ3v) is 9.71. The van der Waals surface area contributed by atoms with Crippen LogP contribution in [0.25, 0.3) is 0 Å². The molecule has 2 aliphatic carbocycles. The average molecular weight is 560 g/mol. The first kappa shape index (κ1) is 30.2. The van der Waals surface area contributed by atoms with E-state index < -0.39 is 5.54 Å². The Morgan fingerprint density at radius 3 is 2.21 bits per heavy atom. The van der Waals surface area contributed by atoms with Crippen molar-refractivity contribution in [3.8, 4) is 5.75 Å². The number of likely N-dealkylation sites (tertiary alicyclic amines) is 1. The minimum absolute atomic E-state index is 0. The molecule has 0 aromatic heterocycles. The molecule has 2 saturated heterocycles. The predicted molar refractivity (Wildman–Crippen MR) is 158 cm³/mol. The molecule has 7 heteroatoms. The summed E-state index contributed by atoms with van der Waals surface area (Å²) < 4.78 is 6.20. The number of nitrogens with one attached hydrogen (secondary N) is 1. The maximum atomic E-state index is 13.8. The van der Waals surface area contributed by atoms with E-state index in [9.17, 15) is 9.59 Å². The molecule has 1 atom stereocenters. The van der Waals surface area contributed by atoms with Gasteiger partial charge in [-0.25, -0.2) is 0 Å². The first-order chi connectivity index (χ1) is 18.6. The Morgan fingerprint density at radius 2 is 1.56 bits per heavy atom. The standard InChI is InChI=1S/C32H49N3O3.ClH/c1-2-3-20-35-30(36)29(23-25-10-6-4-7-11-25)33-31(37)32(35)18-21-34(22-19-32)24-26-14-16-28(17-15-26)38-27-12-8-5-9-13-27;/h14-17,25,27,29H,2-13,18-24H2,1H3,(H,33,37);1H/t29-;/m0./s1. The van der Waals surface area contributed by atoms with E-state index in [1.165, 1.54) is 69.8 Å². The highest BCUT2D eigenvalue weighted by atomic mass is 35.5. The summed E-state index contributed by atoms with van der Waals surface area (Å²) in [6, 6.07) is 8.26. The summed E-state index contributed by atoms with van der Waals surface area (Å²) in [7, 11) is 0. The van der Waals surface area contributed by atoms with E-state index in [0.717, 1.165) is 44.6 Å². The number of nitrogens with zero attached hydrogens (tertiary/aromatic N) is 2. The number of piperazine rings is 1. The molecule has 5 rings (SSSR count). The summed E-state index contributed by atoms with van der Waals surface area (Å²) in [6.45, 7) is 5.39. The Bertz CT molecular complexity index is 919. The van der Waals surface area contributed by atoms with Gasteiger partial charge in [-0.3, -0.25) is 14.5 Å². The fourth-order valence-corrected chi connectivity index (χ4v) is 7.32. The van der Waals surface area contributed by atoms with Gasteiger partial charge in [0, 0.05) is 26.2 Å². The fraction of sp³-hybridized carbons (Fsp3) is 0.750. The van der Waals surface area contributed by atoms with Crippen molar-refractivity contribution >= 4 is 24.2 Å². The third kappa shape index (κ3) is 7.30. The summed E-state index contributed by atoms with van der Waals surface area (Å²) in [6.07, 6.45) is 17.1. The van der Waals surface area contributed by atoms with Crippen molar-refractivity contribution in [1.29, 1.82) is 0 Å². The highest BCUT2D eigenvalue weighted by Gasteiger charge is 2.53. The number of hydrogen-bond donors (Lipinski definition) is 1.